The third-order valence-electron chi connectivity index (χ3n) is 5.56. The van der Waals surface area contributed by atoms with Crippen molar-refractivity contribution in [3.63, 3.8) is 0 Å². The Morgan fingerprint density at radius 1 is 0.963 bits per heavy atom. The van der Waals surface area contributed by atoms with Gasteiger partial charge < -0.3 is 14.5 Å². The molecule has 3 rings (SSSR count). The number of hydrogen-bond acceptors (Lipinski definition) is 3. The first-order chi connectivity index (χ1) is 13.1. The van der Waals surface area contributed by atoms with E-state index < -0.39 is 0 Å². The topological polar surface area (TPSA) is 49.9 Å². The molecule has 0 N–H and O–H groups in total. The van der Waals surface area contributed by atoms with Crippen LogP contribution in [0.2, 0.25) is 5.02 Å². The molecule has 1 aromatic carbocycles. The predicted octanol–water partition coefficient (Wildman–Crippen LogP) is 3.50. The molecule has 0 unspecified atom stereocenters. The number of nitrogens with zero attached hydrogens (tertiary/aromatic N) is 2. The molecule has 1 aromatic rings. The van der Waals surface area contributed by atoms with Crippen molar-refractivity contribution in [1.82, 2.24) is 9.80 Å². The van der Waals surface area contributed by atoms with Crippen LogP contribution in [0.4, 0.5) is 0 Å². The van der Waals surface area contributed by atoms with Crippen molar-refractivity contribution < 1.29 is 14.3 Å². The van der Waals surface area contributed by atoms with Crippen molar-refractivity contribution in [3.05, 3.63) is 34.9 Å². The SMILES string of the molecule is O=C(COCc1ccccc1Cl)N1CCC(C(=O)N2CCCCCC2)CC1. The van der Waals surface area contributed by atoms with Crippen molar-refractivity contribution in [1.29, 1.82) is 0 Å². The summed E-state index contributed by atoms with van der Waals surface area (Å²) in [6.07, 6.45) is 6.20. The molecule has 2 saturated heterocycles. The van der Waals surface area contributed by atoms with E-state index in [-0.39, 0.29) is 18.4 Å². The summed E-state index contributed by atoms with van der Waals surface area (Å²) in [6, 6.07) is 7.48. The molecule has 148 valence electrons. The van der Waals surface area contributed by atoms with E-state index in [4.69, 9.17) is 16.3 Å². The van der Waals surface area contributed by atoms with E-state index in [1.807, 2.05) is 34.1 Å². The highest BCUT2D eigenvalue weighted by Crippen LogP contribution is 2.22. The van der Waals surface area contributed by atoms with E-state index in [2.05, 4.69) is 0 Å². The average molecular weight is 393 g/mol. The number of carbonyl (C=O) groups is 2. The second kappa shape index (κ2) is 10.1. The van der Waals surface area contributed by atoms with Gasteiger partial charge >= 0.3 is 0 Å². The summed E-state index contributed by atoms with van der Waals surface area (Å²) in [5, 5.41) is 0.651. The molecular formula is C21H29ClN2O3. The lowest BCUT2D eigenvalue weighted by Gasteiger charge is -2.34. The smallest absolute Gasteiger partial charge is 0.248 e. The van der Waals surface area contributed by atoms with E-state index in [0.717, 1.165) is 44.3 Å². The number of amides is 2. The Morgan fingerprint density at radius 2 is 1.63 bits per heavy atom. The van der Waals surface area contributed by atoms with Gasteiger partial charge in [0.05, 0.1) is 6.61 Å². The quantitative estimate of drug-likeness (QED) is 0.770. The normalized spacial score (nSPS) is 19.0. The maximum Gasteiger partial charge on any atom is 0.248 e. The Labute approximate surface area is 166 Å². The summed E-state index contributed by atoms with van der Waals surface area (Å²) in [7, 11) is 0. The number of hydrogen-bond donors (Lipinski definition) is 0. The first-order valence-corrected chi connectivity index (χ1v) is 10.4. The van der Waals surface area contributed by atoms with Crippen molar-refractivity contribution in [3.8, 4) is 0 Å². The minimum absolute atomic E-state index is 0.0114. The van der Waals surface area contributed by atoms with Crippen LogP contribution in [-0.4, -0.2) is 54.4 Å². The van der Waals surface area contributed by atoms with Crippen molar-refractivity contribution in [2.24, 2.45) is 5.92 Å². The second-order valence-corrected chi connectivity index (χ2v) is 7.89. The van der Waals surface area contributed by atoms with Gasteiger partial charge in [0, 0.05) is 37.1 Å². The third-order valence-corrected chi connectivity index (χ3v) is 5.92. The number of ether oxygens (including phenoxy) is 1. The number of benzene rings is 1. The lowest BCUT2D eigenvalue weighted by molar-refractivity contribution is -0.143. The molecule has 0 bridgehead atoms. The molecule has 2 aliphatic rings. The molecule has 5 nitrogen and oxygen atoms in total. The Balaban J connectivity index is 1.39. The number of halogens is 1. The second-order valence-electron chi connectivity index (χ2n) is 7.48. The van der Waals surface area contributed by atoms with E-state index in [1.165, 1.54) is 12.8 Å². The zero-order chi connectivity index (χ0) is 19.1. The monoisotopic (exact) mass is 392 g/mol. The fourth-order valence-electron chi connectivity index (χ4n) is 3.88. The van der Waals surface area contributed by atoms with Gasteiger partial charge in [0.25, 0.3) is 0 Å². The molecular weight excluding hydrogens is 364 g/mol. The highest BCUT2D eigenvalue weighted by Gasteiger charge is 2.30. The average Bonchev–Trinajstić information content (AvgIpc) is 2.98. The summed E-state index contributed by atoms with van der Waals surface area (Å²) in [6.45, 7) is 3.45. The number of likely N-dealkylation sites (tertiary alicyclic amines) is 2. The fraction of sp³-hybridized carbons (Fsp3) is 0.619. The molecule has 2 heterocycles. The highest BCUT2D eigenvalue weighted by atomic mass is 35.5. The number of piperidine rings is 1. The van der Waals surface area contributed by atoms with Gasteiger partial charge in [-0.1, -0.05) is 42.6 Å². The molecule has 2 aliphatic heterocycles. The zero-order valence-electron chi connectivity index (χ0n) is 15.9. The molecule has 27 heavy (non-hydrogen) atoms. The Morgan fingerprint density at radius 3 is 2.30 bits per heavy atom. The fourth-order valence-corrected chi connectivity index (χ4v) is 4.07. The van der Waals surface area contributed by atoms with Crippen LogP contribution in [0.3, 0.4) is 0 Å². The van der Waals surface area contributed by atoms with Gasteiger partial charge in [0.1, 0.15) is 6.61 Å². The van der Waals surface area contributed by atoms with E-state index in [0.29, 0.717) is 30.6 Å². The van der Waals surface area contributed by atoms with Crippen LogP contribution in [0, 0.1) is 5.92 Å². The Bertz CT molecular complexity index is 636. The predicted molar refractivity (Wildman–Crippen MR) is 105 cm³/mol. The summed E-state index contributed by atoms with van der Waals surface area (Å²) in [5.74, 6) is 0.345. The standard InChI is InChI=1S/C21H29ClN2O3/c22-19-8-4-3-7-18(19)15-27-16-20(25)23-13-9-17(10-14-23)21(26)24-11-5-1-2-6-12-24/h3-4,7-8,17H,1-2,5-6,9-16H2. The van der Waals surface area contributed by atoms with Crippen LogP contribution >= 0.6 is 11.6 Å². The summed E-state index contributed by atoms with van der Waals surface area (Å²) >= 11 is 6.10. The van der Waals surface area contributed by atoms with Gasteiger partial charge in [-0.05, 0) is 37.3 Å². The van der Waals surface area contributed by atoms with Crippen LogP contribution < -0.4 is 0 Å². The van der Waals surface area contributed by atoms with Crippen LogP contribution in [-0.2, 0) is 20.9 Å². The Kier molecular flexibility index (Phi) is 7.53. The van der Waals surface area contributed by atoms with E-state index in [9.17, 15) is 9.59 Å². The van der Waals surface area contributed by atoms with Gasteiger partial charge in [-0.25, -0.2) is 0 Å². The van der Waals surface area contributed by atoms with Crippen LogP contribution in [0.25, 0.3) is 0 Å². The maximum atomic E-state index is 12.7. The molecule has 6 heteroatoms. The van der Waals surface area contributed by atoms with Gasteiger partial charge in [0.2, 0.25) is 11.8 Å². The van der Waals surface area contributed by atoms with Gasteiger partial charge in [-0.2, -0.15) is 0 Å². The largest absolute Gasteiger partial charge is 0.367 e. The number of carbonyl (C=O) groups excluding carboxylic acids is 2. The lowest BCUT2D eigenvalue weighted by atomic mass is 9.95. The van der Waals surface area contributed by atoms with E-state index >= 15 is 0 Å². The summed E-state index contributed by atoms with van der Waals surface area (Å²) < 4.78 is 5.55. The van der Waals surface area contributed by atoms with Gasteiger partial charge in [0.15, 0.2) is 0 Å². The summed E-state index contributed by atoms with van der Waals surface area (Å²) in [5.41, 5.74) is 0.883. The molecule has 0 atom stereocenters. The van der Waals surface area contributed by atoms with Crippen molar-refractivity contribution >= 4 is 23.4 Å². The van der Waals surface area contributed by atoms with Gasteiger partial charge in [-0.3, -0.25) is 9.59 Å². The first kappa shape index (κ1) is 20.2. The van der Waals surface area contributed by atoms with Gasteiger partial charge in [-0.15, -0.1) is 0 Å². The summed E-state index contributed by atoms with van der Waals surface area (Å²) in [4.78, 5) is 29.0. The minimum Gasteiger partial charge on any atom is -0.367 e. The molecule has 2 fully saturated rings. The first-order valence-electron chi connectivity index (χ1n) is 10.0. The Hall–Kier alpha value is -1.59. The zero-order valence-corrected chi connectivity index (χ0v) is 16.6. The van der Waals surface area contributed by atoms with Crippen molar-refractivity contribution in [2.75, 3.05) is 32.8 Å². The lowest BCUT2D eigenvalue weighted by Crippen LogP contribution is -2.45. The number of rotatable bonds is 5. The molecule has 2 amide bonds. The minimum atomic E-state index is -0.0114. The van der Waals surface area contributed by atoms with E-state index in [1.54, 1.807) is 0 Å². The molecule has 0 radical (unpaired) electrons. The van der Waals surface area contributed by atoms with Crippen molar-refractivity contribution in [2.45, 2.75) is 45.1 Å². The molecule has 0 aliphatic carbocycles. The highest BCUT2D eigenvalue weighted by molar-refractivity contribution is 6.31. The maximum absolute atomic E-state index is 12.7. The molecule has 0 spiro atoms. The molecule has 0 aromatic heterocycles. The van der Waals surface area contributed by atoms with Crippen LogP contribution in [0.1, 0.15) is 44.1 Å². The van der Waals surface area contributed by atoms with Crippen LogP contribution in [0.15, 0.2) is 24.3 Å². The third kappa shape index (κ3) is 5.69. The van der Waals surface area contributed by atoms with Crippen LogP contribution in [0.5, 0.6) is 0 Å². The molecule has 0 saturated carbocycles.